The molecule has 0 bridgehead atoms. The Labute approximate surface area is 131 Å². The zero-order chi connectivity index (χ0) is 16.0. The summed E-state index contributed by atoms with van der Waals surface area (Å²) < 4.78 is 36.5. The number of benzene rings is 2. The van der Waals surface area contributed by atoms with Crippen LogP contribution in [0, 0.1) is 5.82 Å². The molecular formula is C17H13F2NO3. The smallest absolute Gasteiger partial charge is 0.397 e. The van der Waals surface area contributed by atoms with Gasteiger partial charge in [0.15, 0.2) is 11.6 Å². The van der Waals surface area contributed by atoms with Crippen LogP contribution < -0.4 is 14.8 Å². The molecule has 0 saturated heterocycles. The van der Waals surface area contributed by atoms with E-state index >= 15 is 0 Å². The molecule has 1 N–H and O–H groups in total. The number of halogens is 2. The highest BCUT2D eigenvalue weighted by Crippen LogP contribution is 2.38. The van der Waals surface area contributed by atoms with Crippen molar-refractivity contribution in [3.8, 4) is 11.5 Å². The Hall–Kier alpha value is -2.63. The summed E-state index contributed by atoms with van der Waals surface area (Å²) in [6.07, 6.45) is 1.42. The lowest BCUT2D eigenvalue weighted by Gasteiger charge is -2.13. The number of hydrogen-bond donors (Lipinski definition) is 1. The summed E-state index contributed by atoms with van der Waals surface area (Å²) in [5, 5.41) is 2.82. The zero-order valence-electron chi connectivity index (χ0n) is 12.0. The van der Waals surface area contributed by atoms with Crippen LogP contribution in [0.25, 0.3) is 0 Å². The minimum Gasteiger partial charge on any atom is -0.425 e. The van der Waals surface area contributed by atoms with E-state index in [0.717, 1.165) is 0 Å². The predicted molar refractivity (Wildman–Crippen MR) is 77.7 cm³/mol. The molecule has 0 aromatic heterocycles. The third kappa shape index (κ3) is 2.40. The minimum atomic E-state index is -2.04. The maximum Gasteiger partial charge on any atom is 0.397 e. The lowest BCUT2D eigenvalue weighted by atomic mass is 10.1. The summed E-state index contributed by atoms with van der Waals surface area (Å²) in [7, 11) is 0. The molecule has 2 aromatic rings. The van der Waals surface area contributed by atoms with Crippen molar-refractivity contribution in [1.29, 1.82) is 0 Å². The predicted octanol–water partition coefficient (Wildman–Crippen LogP) is 2.75. The van der Waals surface area contributed by atoms with E-state index in [1.165, 1.54) is 23.3 Å². The fourth-order valence-electron chi connectivity index (χ4n) is 3.06. The van der Waals surface area contributed by atoms with Crippen LogP contribution in [0.2, 0.25) is 0 Å². The molecule has 1 heterocycles. The van der Waals surface area contributed by atoms with Crippen molar-refractivity contribution < 1.29 is 23.0 Å². The Morgan fingerprint density at radius 3 is 2.48 bits per heavy atom. The molecule has 4 rings (SSSR count). The van der Waals surface area contributed by atoms with Crippen LogP contribution in [0.15, 0.2) is 36.4 Å². The van der Waals surface area contributed by atoms with E-state index in [-0.39, 0.29) is 23.1 Å². The number of alkyl halides is 1. The van der Waals surface area contributed by atoms with Gasteiger partial charge in [0, 0.05) is 6.04 Å². The molecule has 0 radical (unpaired) electrons. The van der Waals surface area contributed by atoms with Gasteiger partial charge < -0.3 is 14.8 Å². The van der Waals surface area contributed by atoms with E-state index in [2.05, 4.69) is 14.8 Å². The summed E-state index contributed by atoms with van der Waals surface area (Å²) in [5.74, 6) is -1.86. The SMILES string of the molecule is O=C(NC1Cc2ccccc2C1)c1ccc2c(c1F)OC(F)O2. The number of nitrogens with one attached hydrogen (secondary N) is 1. The van der Waals surface area contributed by atoms with Gasteiger partial charge in [-0.05, 0) is 36.1 Å². The molecule has 1 unspecified atom stereocenters. The van der Waals surface area contributed by atoms with Gasteiger partial charge >= 0.3 is 6.54 Å². The normalized spacial score (nSPS) is 18.8. The van der Waals surface area contributed by atoms with Crippen LogP contribution in [0.4, 0.5) is 8.78 Å². The maximum atomic E-state index is 14.3. The molecule has 1 atom stereocenters. The first-order valence-corrected chi connectivity index (χ1v) is 7.29. The molecule has 6 heteroatoms. The van der Waals surface area contributed by atoms with Gasteiger partial charge in [0.2, 0.25) is 5.75 Å². The van der Waals surface area contributed by atoms with Crippen LogP contribution in [-0.2, 0) is 12.8 Å². The quantitative estimate of drug-likeness (QED) is 0.926. The fourth-order valence-corrected chi connectivity index (χ4v) is 3.06. The maximum absolute atomic E-state index is 14.3. The number of ether oxygens (including phenoxy) is 2. The molecule has 4 nitrogen and oxygen atoms in total. The number of hydrogen-bond acceptors (Lipinski definition) is 3. The number of amides is 1. The van der Waals surface area contributed by atoms with Crippen molar-refractivity contribution in [2.45, 2.75) is 25.4 Å². The van der Waals surface area contributed by atoms with Gasteiger partial charge in [-0.2, -0.15) is 4.39 Å². The van der Waals surface area contributed by atoms with Crippen LogP contribution in [0.1, 0.15) is 21.5 Å². The number of fused-ring (bicyclic) bond motifs is 2. The lowest BCUT2D eigenvalue weighted by Crippen LogP contribution is -2.35. The molecule has 118 valence electrons. The largest absolute Gasteiger partial charge is 0.425 e. The summed E-state index contributed by atoms with van der Waals surface area (Å²) >= 11 is 0. The van der Waals surface area contributed by atoms with Gasteiger partial charge in [-0.25, -0.2) is 4.39 Å². The monoisotopic (exact) mass is 317 g/mol. The van der Waals surface area contributed by atoms with Gasteiger partial charge in [0.25, 0.3) is 5.91 Å². The molecule has 2 aliphatic rings. The van der Waals surface area contributed by atoms with Crippen molar-refractivity contribution >= 4 is 5.91 Å². The highest BCUT2D eigenvalue weighted by atomic mass is 19.2. The third-order valence-corrected chi connectivity index (χ3v) is 4.12. The number of carbonyl (C=O) groups is 1. The minimum absolute atomic E-state index is 0.0418. The van der Waals surface area contributed by atoms with E-state index in [1.54, 1.807) is 0 Å². The highest BCUT2D eigenvalue weighted by Gasteiger charge is 2.31. The van der Waals surface area contributed by atoms with Crippen molar-refractivity contribution in [3.05, 3.63) is 58.9 Å². The first-order valence-electron chi connectivity index (χ1n) is 7.29. The van der Waals surface area contributed by atoms with Gasteiger partial charge in [0.05, 0.1) is 5.56 Å². The first-order chi connectivity index (χ1) is 11.1. The Bertz CT molecular complexity index is 768. The van der Waals surface area contributed by atoms with Crippen molar-refractivity contribution in [2.75, 3.05) is 0 Å². The summed E-state index contributed by atoms with van der Waals surface area (Å²) in [4.78, 5) is 12.3. The average molecular weight is 317 g/mol. The zero-order valence-corrected chi connectivity index (χ0v) is 12.0. The van der Waals surface area contributed by atoms with Crippen LogP contribution in [0.3, 0.4) is 0 Å². The van der Waals surface area contributed by atoms with Crippen LogP contribution >= 0.6 is 0 Å². The Morgan fingerprint density at radius 1 is 1.09 bits per heavy atom. The molecule has 0 fully saturated rings. The molecule has 1 aliphatic carbocycles. The van der Waals surface area contributed by atoms with E-state index in [4.69, 9.17) is 0 Å². The topological polar surface area (TPSA) is 47.6 Å². The molecule has 23 heavy (non-hydrogen) atoms. The second kappa shape index (κ2) is 5.22. The Balaban J connectivity index is 1.52. The van der Waals surface area contributed by atoms with Gasteiger partial charge in [0.1, 0.15) is 0 Å². The first kappa shape index (κ1) is 14.0. The third-order valence-electron chi connectivity index (χ3n) is 4.12. The Kier molecular flexibility index (Phi) is 3.18. The van der Waals surface area contributed by atoms with Gasteiger partial charge in [-0.1, -0.05) is 24.3 Å². The lowest BCUT2D eigenvalue weighted by molar-refractivity contribution is -0.0663. The molecule has 0 saturated carbocycles. The van der Waals surface area contributed by atoms with Gasteiger partial charge in [-0.3, -0.25) is 4.79 Å². The highest BCUT2D eigenvalue weighted by molar-refractivity contribution is 5.95. The molecule has 1 aliphatic heterocycles. The summed E-state index contributed by atoms with van der Waals surface area (Å²) in [6, 6.07) is 10.5. The van der Waals surface area contributed by atoms with Crippen LogP contribution in [-0.4, -0.2) is 18.5 Å². The second-order valence-electron chi connectivity index (χ2n) is 5.61. The molecule has 2 aromatic carbocycles. The van der Waals surface area contributed by atoms with E-state index in [1.807, 2.05) is 24.3 Å². The summed E-state index contributed by atoms with van der Waals surface area (Å²) in [6.45, 7) is -2.04. The average Bonchev–Trinajstić information content (AvgIpc) is 3.09. The standard InChI is InChI=1S/C17H13F2NO3/c18-14-12(5-6-13-15(14)23-17(19)22-13)16(21)20-11-7-9-3-1-2-4-10(9)8-11/h1-6,11,17H,7-8H2,(H,20,21). The van der Waals surface area contributed by atoms with E-state index in [9.17, 15) is 13.6 Å². The van der Waals surface area contributed by atoms with Gasteiger partial charge in [-0.15, -0.1) is 0 Å². The number of rotatable bonds is 2. The molecular weight excluding hydrogens is 304 g/mol. The molecule has 1 amide bonds. The van der Waals surface area contributed by atoms with E-state index < -0.39 is 18.3 Å². The fraction of sp³-hybridized carbons (Fsp3) is 0.235. The second-order valence-corrected chi connectivity index (χ2v) is 5.61. The van der Waals surface area contributed by atoms with Crippen molar-refractivity contribution in [2.24, 2.45) is 0 Å². The Morgan fingerprint density at radius 2 is 1.78 bits per heavy atom. The molecule has 0 spiro atoms. The number of carbonyl (C=O) groups excluding carboxylic acids is 1. The van der Waals surface area contributed by atoms with Crippen molar-refractivity contribution in [1.82, 2.24) is 5.32 Å². The van der Waals surface area contributed by atoms with Crippen molar-refractivity contribution in [3.63, 3.8) is 0 Å². The summed E-state index contributed by atoms with van der Waals surface area (Å²) in [5.41, 5.74) is 2.19. The van der Waals surface area contributed by atoms with Crippen LogP contribution in [0.5, 0.6) is 11.5 Å². The van der Waals surface area contributed by atoms with E-state index in [0.29, 0.717) is 12.8 Å².